The Morgan fingerprint density at radius 2 is 1.91 bits per heavy atom. The van der Waals surface area contributed by atoms with Crippen molar-refractivity contribution in [3.8, 4) is 11.1 Å². The molecule has 3 nitrogen and oxygen atoms in total. The number of hydrogen-bond acceptors (Lipinski definition) is 3. The Bertz CT molecular complexity index is 694. The summed E-state index contributed by atoms with van der Waals surface area (Å²) >= 11 is 1.58. The third-order valence-corrected chi connectivity index (χ3v) is 4.08. The summed E-state index contributed by atoms with van der Waals surface area (Å²) in [5, 5.41) is 0. The SMILES string of the molecule is CSNc1cccc(-c2ccc(N3CCC=CC3=O)cc2)c1. The molecule has 1 aliphatic heterocycles. The van der Waals surface area contributed by atoms with Crippen LogP contribution >= 0.6 is 11.9 Å². The summed E-state index contributed by atoms with van der Waals surface area (Å²) in [6, 6.07) is 16.5. The van der Waals surface area contributed by atoms with E-state index < -0.39 is 0 Å². The minimum atomic E-state index is 0.0603. The molecule has 112 valence electrons. The smallest absolute Gasteiger partial charge is 0.250 e. The summed E-state index contributed by atoms with van der Waals surface area (Å²) in [5.74, 6) is 0.0603. The Kier molecular flexibility index (Phi) is 4.49. The van der Waals surface area contributed by atoms with Crippen LogP contribution in [0, 0.1) is 0 Å². The lowest BCUT2D eigenvalue weighted by molar-refractivity contribution is -0.114. The van der Waals surface area contributed by atoms with Gasteiger partial charge in [-0.2, -0.15) is 0 Å². The molecule has 1 amide bonds. The molecule has 0 saturated heterocycles. The van der Waals surface area contributed by atoms with Crippen molar-refractivity contribution in [2.24, 2.45) is 0 Å². The van der Waals surface area contributed by atoms with Gasteiger partial charge in [-0.3, -0.25) is 4.79 Å². The van der Waals surface area contributed by atoms with Crippen molar-refractivity contribution >= 4 is 29.2 Å². The molecular weight excluding hydrogens is 292 g/mol. The van der Waals surface area contributed by atoms with Crippen molar-refractivity contribution in [3.63, 3.8) is 0 Å². The predicted octanol–water partition coefficient (Wildman–Crippen LogP) is 4.34. The van der Waals surface area contributed by atoms with Gasteiger partial charge in [0.2, 0.25) is 0 Å². The van der Waals surface area contributed by atoms with Crippen LogP contribution < -0.4 is 9.62 Å². The zero-order valence-corrected chi connectivity index (χ0v) is 13.3. The Morgan fingerprint density at radius 3 is 2.64 bits per heavy atom. The molecule has 0 aromatic heterocycles. The molecule has 1 aliphatic rings. The van der Waals surface area contributed by atoms with Crippen LogP contribution in [-0.4, -0.2) is 18.7 Å². The van der Waals surface area contributed by atoms with Gasteiger partial charge >= 0.3 is 0 Å². The second kappa shape index (κ2) is 6.71. The van der Waals surface area contributed by atoms with Gasteiger partial charge in [0.25, 0.3) is 5.91 Å². The summed E-state index contributed by atoms with van der Waals surface area (Å²) in [7, 11) is 0. The van der Waals surface area contributed by atoms with E-state index in [2.05, 4.69) is 29.0 Å². The summed E-state index contributed by atoms with van der Waals surface area (Å²) in [5.41, 5.74) is 4.35. The van der Waals surface area contributed by atoms with Crippen LogP contribution in [0.15, 0.2) is 60.7 Å². The number of nitrogens with zero attached hydrogens (tertiary/aromatic N) is 1. The summed E-state index contributed by atoms with van der Waals surface area (Å²) in [4.78, 5) is 13.7. The molecule has 1 N–H and O–H groups in total. The molecular formula is C18H18N2OS. The van der Waals surface area contributed by atoms with Gasteiger partial charge in [0.05, 0.1) is 0 Å². The Morgan fingerprint density at radius 1 is 1.09 bits per heavy atom. The Labute approximate surface area is 135 Å². The van der Waals surface area contributed by atoms with E-state index in [1.807, 2.05) is 41.5 Å². The maximum atomic E-state index is 11.9. The second-order valence-corrected chi connectivity index (χ2v) is 5.73. The van der Waals surface area contributed by atoms with Crippen LogP contribution in [0.4, 0.5) is 11.4 Å². The van der Waals surface area contributed by atoms with Crippen molar-refractivity contribution in [1.29, 1.82) is 0 Å². The molecule has 4 heteroatoms. The number of anilines is 2. The van der Waals surface area contributed by atoms with E-state index in [-0.39, 0.29) is 5.91 Å². The Hall–Kier alpha value is -2.20. The maximum Gasteiger partial charge on any atom is 0.250 e. The average Bonchev–Trinajstić information content (AvgIpc) is 2.56. The molecule has 0 saturated carbocycles. The number of carbonyl (C=O) groups is 1. The molecule has 3 rings (SSSR count). The third-order valence-electron chi connectivity index (χ3n) is 3.64. The quantitative estimate of drug-likeness (QED) is 0.853. The van der Waals surface area contributed by atoms with Crippen LogP contribution in [-0.2, 0) is 4.79 Å². The lowest BCUT2D eigenvalue weighted by atomic mass is 10.0. The minimum absolute atomic E-state index is 0.0603. The average molecular weight is 310 g/mol. The fourth-order valence-corrected chi connectivity index (χ4v) is 2.92. The van der Waals surface area contributed by atoms with Crippen molar-refractivity contribution in [2.75, 3.05) is 22.4 Å². The van der Waals surface area contributed by atoms with Crippen molar-refractivity contribution in [2.45, 2.75) is 6.42 Å². The van der Waals surface area contributed by atoms with Crippen LogP contribution in [0.25, 0.3) is 11.1 Å². The first kappa shape index (κ1) is 14.7. The fourth-order valence-electron chi connectivity index (χ4n) is 2.56. The number of amides is 1. The first-order valence-electron chi connectivity index (χ1n) is 7.25. The van der Waals surface area contributed by atoms with Gasteiger partial charge in [0, 0.05) is 24.2 Å². The first-order chi connectivity index (χ1) is 10.8. The molecule has 0 atom stereocenters. The molecule has 0 spiro atoms. The standard InChI is InChI=1S/C18H18N2OS/c1-22-19-16-6-4-5-15(13-16)14-8-10-17(11-9-14)20-12-3-2-7-18(20)21/h2,4-11,13,19H,3,12H2,1H3. The minimum Gasteiger partial charge on any atom is -0.330 e. The number of carbonyl (C=O) groups excluding carboxylic acids is 1. The van der Waals surface area contributed by atoms with E-state index in [0.717, 1.165) is 35.5 Å². The van der Waals surface area contributed by atoms with E-state index >= 15 is 0 Å². The molecule has 0 bridgehead atoms. The van der Waals surface area contributed by atoms with Crippen LogP contribution in [0.3, 0.4) is 0 Å². The first-order valence-corrected chi connectivity index (χ1v) is 8.48. The summed E-state index contributed by atoms with van der Waals surface area (Å²) in [6.45, 7) is 0.752. The number of rotatable bonds is 4. The number of hydrogen-bond donors (Lipinski definition) is 1. The molecule has 0 unspecified atom stereocenters. The summed E-state index contributed by atoms with van der Waals surface area (Å²) in [6.07, 6.45) is 6.49. The highest BCUT2D eigenvalue weighted by Crippen LogP contribution is 2.26. The van der Waals surface area contributed by atoms with Gasteiger partial charge in [-0.15, -0.1) is 0 Å². The van der Waals surface area contributed by atoms with Crippen LogP contribution in [0.5, 0.6) is 0 Å². The second-order valence-electron chi connectivity index (χ2n) is 5.11. The third kappa shape index (κ3) is 3.17. The number of nitrogens with one attached hydrogen (secondary N) is 1. The van der Waals surface area contributed by atoms with Crippen LogP contribution in [0.2, 0.25) is 0 Å². The maximum absolute atomic E-state index is 11.9. The summed E-state index contributed by atoms with van der Waals surface area (Å²) < 4.78 is 3.24. The van der Waals surface area contributed by atoms with Crippen LogP contribution in [0.1, 0.15) is 6.42 Å². The van der Waals surface area contributed by atoms with E-state index in [0.29, 0.717) is 0 Å². The highest BCUT2D eigenvalue weighted by Gasteiger charge is 2.15. The van der Waals surface area contributed by atoms with Gasteiger partial charge in [-0.05, 0) is 47.9 Å². The van der Waals surface area contributed by atoms with E-state index in [4.69, 9.17) is 0 Å². The predicted molar refractivity (Wildman–Crippen MR) is 95.1 cm³/mol. The molecule has 1 heterocycles. The van der Waals surface area contributed by atoms with Gasteiger partial charge in [0.1, 0.15) is 0 Å². The van der Waals surface area contributed by atoms with Crippen molar-refractivity contribution in [3.05, 3.63) is 60.7 Å². The molecule has 2 aromatic carbocycles. The molecule has 22 heavy (non-hydrogen) atoms. The molecule has 0 fully saturated rings. The molecule has 0 radical (unpaired) electrons. The van der Waals surface area contributed by atoms with Crippen molar-refractivity contribution in [1.82, 2.24) is 0 Å². The van der Waals surface area contributed by atoms with Gasteiger partial charge in [-0.25, -0.2) is 0 Å². The normalized spacial score (nSPS) is 14.2. The van der Waals surface area contributed by atoms with Gasteiger partial charge < -0.3 is 9.62 Å². The van der Waals surface area contributed by atoms with E-state index in [9.17, 15) is 4.79 Å². The fraction of sp³-hybridized carbons (Fsp3) is 0.167. The lowest BCUT2D eigenvalue weighted by Gasteiger charge is -2.23. The topological polar surface area (TPSA) is 32.3 Å². The largest absolute Gasteiger partial charge is 0.330 e. The van der Waals surface area contributed by atoms with E-state index in [1.54, 1.807) is 18.0 Å². The van der Waals surface area contributed by atoms with E-state index in [1.165, 1.54) is 0 Å². The lowest BCUT2D eigenvalue weighted by Crippen LogP contribution is -2.32. The zero-order valence-electron chi connectivity index (χ0n) is 12.5. The van der Waals surface area contributed by atoms with Crippen molar-refractivity contribution < 1.29 is 4.79 Å². The van der Waals surface area contributed by atoms with Gasteiger partial charge in [-0.1, -0.05) is 42.3 Å². The van der Waals surface area contributed by atoms with Gasteiger partial charge in [0.15, 0.2) is 0 Å². The molecule has 2 aromatic rings. The monoisotopic (exact) mass is 310 g/mol. The molecule has 0 aliphatic carbocycles. The highest BCUT2D eigenvalue weighted by molar-refractivity contribution is 7.99. The number of benzene rings is 2. The Balaban J connectivity index is 1.83. The zero-order chi connectivity index (χ0) is 15.4. The highest BCUT2D eigenvalue weighted by atomic mass is 32.2.